The molecule has 3 aliphatic rings. The lowest BCUT2D eigenvalue weighted by Crippen LogP contribution is -2.15. The predicted molar refractivity (Wildman–Crippen MR) is 46.2 cm³/mol. The summed E-state index contributed by atoms with van der Waals surface area (Å²) in [6, 6.07) is 0. The summed E-state index contributed by atoms with van der Waals surface area (Å²) in [6.07, 6.45) is 7.86. The van der Waals surface area contributed by atoms with E-state index in [1.54, 1.807) is 32.1 Å². The summed E-state index contributed by atoms with van der Waals surface area (Å²) in [5, 5.41) is 0. The smallest absolute Gasteiger partial charge is 0.0352 e. The molecule has 0 radical (unpaired) electrons. The van der Waals surface area contributed by atoms with Crippen LogP contribution in [-0.4, -0.2) is 0 Å². The fourth-order valence-corrected chi connectivity index (χ4v) is 4.52. The molecule has 4 unspecified atom stereocenters. The molecular formula is C11H18. The van der Waals surface area contributed by atoms with Gasteiger partial charge in [0, 0.05) is 0 Å². The van der Waals surface area contributed by atoms with Crippen LogP contribution in [0.1, 0.15) is 39.0 Å². The van der Waals surface area contributed by atoms with Gasteiger partial charge in [0.2, 0.25) is 0 Å². The van der Waals surface area contributed by atoms with Gasteiger partial charge in [0.05, 0.1) is 0 Å². The molecule has 0 N–H and O–H groups in total. The van der Waals surface area contributed by atoms with Crippen molar-refractivity contribution in [3.05, 3.63) is 0 Å². The molecule has 0 amide bonds. The third-order valence-corrected chi connectivity index (χ3v) is 4.91. The molecule has 3 fully saturated rings. The van der Waals surface area contributed by atoms with E-state index in [-0.39, 0.29) is 0 Å². The van der Waals surface area contributed by atoms with Crippen LogP contribution in [-0.2, 0) is 0 Å². The van der Waals surface area contributed by atoms with E-state index in [0.717, 1.165) is 17.8 Å². The Kier molecular flexibility index (Phi) is 1.20. The summed E-state index contributed by atoms with van der Waals surface area (Å²) in [7, 11) is 0. The highest BCUT2D eigenvalue weighted by Crippen LogP contribution is 2.61. The van der Waals surface area contributed by atoms with Crippen molar-refractivity contribution in [2.24, 2.45) is 29.6 Å². The quantitative estimate of drug-likeness (QED) is 0.498. The molecule has 3 aliphatic carbocycles. The fourth-order valence-electron chi connectivity index (χ4n) is 4.52. The van der Waals surface area contributed by atoms with Gasteiger partial charge in [-0.05, 0) is 55.3 Å². The predicted octanol–water partition coefficient (Wildman–Crippen LogP) is 3.08. The minimum absolute atomic E-state index is 1.10. The molecule has 3 rings (SSSR count). The fraction of sp³-hybridized carbons (Fsp3) is 1.00. The van der Waals surface area contributed by atoms with Crippen LogP contribution < -0.4 is 0 Å². The molecule has 2 bridgehead atoms. The molecule has 0 saturated heterocycles. The summed E-state index contributed by atoms with van der Waals surface area (Å²) in [4.78, 5) is 0. The van der Waals surface area contributed by atoms with Crippen molar-refractivity contribution in [1.82, 2.24) is 0 Å². The van der Waals surface area contributed by atoms with Crippen LogP contribution in [0.4, 0.5) is 0 Å². The highest BCUT2D eigenvalue weighted by Gasteiger charge is 2.53. The Labute approximate surface area is 69.4 Å². The first kappa shape index (κ1) is 6.51. The monoisotopic (exact) mass is 150 g/mol. The van der Waals surface area contributed by atoms with Gasteiger partial charge in [-0.15, -0.1) is 0 Å². The highest BCUT2D eigenvalue weighted by atomic mass is 14.6. The molecular weight excluding hydrogens is 132 g/mol. The van der Waals surface area contributed by atoms with E-state index in [1.807, 2.05) is 0 Å². The average Bonchev–Trinajstić information content (AvgIpc) is 2.61. The van der Waals surface area contributed by atoms with Crippen LogP contribution in [0.25, 0.3) is 0 Å². The van der Waals surface area contributed by atoms with E-state index in [9.17, 15) is 0 Å². The van der Waals surface area contributed by atoms with Crippen molar-refractivity contribution in [3.8, 4) is 0 Å². The SMILES string of the molecule is CC1C2CCC1C1CCCC21. The molecule has 0 heterocycles. The Morgan fingerprint density at radius 2 is 1.27 bits per heavy atom. The minimum atomic E-state index is 1.10. The Bertz CT molecular complexity index is 145. The standard InChI is InChI=1S/C11H18/c1-7-8-5-6-9(7)11-4-2-3-10(8)11/h7-11H,2-6H2,1H3. The molecule has 0 aliphatic heterocycles. The van der Waals surface area contributed by atoms with Crippen LogP contribution in [0.3, 0.4) is 0 Å². The lowest BCUT2D eigenvalue weighted by Gasteiger charge is -2.23. The second kappa shape index (κ2) is 2.02. The number of rotatable bonds is 0. The van der Waals surface area contributed by atoms with Crippen molar-refractivity contribution in [3.63, 3.8) is 0 Å². The topological polar surface area (TPSA) is 0 Å². The van der Waals surface area contributed by atoms with Gasteiger partial charge < -0.3 is 0 Å². The Hall–Kier alpha value is 0. The number of hydrogen-bond donors (Lipinski definition) is 0. The lowest BCUT2D eigenvalue weighted by molar-refractivity contribution is 0.259. The second-order valence-corrected chi connectivity index (χ2v) is 5.02. The zero-order valence-electron chi connectivity index (χ0n) is 7.42. The van der Waals surface area contributed by atoms with Gasteiger partial charge in [0.25, 0.3) is 0 Å². The molecule has 0 spiro atoms. The zero-order chi connectivity index (χ0) is 7.42. The van der Waals surface area contributed by atoms with Crippen LogP contribution in [0.2, 0.25) is 0 Å². The first-order valence-electron chi connectivity index (χ1n) is 5.38. The molecule has 0 heteroatoms. The van der Waals surface area contributed by atoms with Crippen molar-refractivity contribution < 1.29 is 0 Å². The molecule has 11 heavy (non-hydrogen) atoms. The molecule has 0 aromatic carbocycles. The Balaban J connectivity index is 1.94. The van der Waals surface area contributed by atoms with Crippen molar-refractivity contribution in [1.29, 1.82) is 0 Å². The molecule has 62 valence electrons. The van der Waals surface area contributed by atoms with Crippen molar-refractivity contribution in [2.75, 3.05) is 0 Å². The lowest BCUT2D eigenvalue weighted by atomic mass is 9.82. The van der Waals surface area contributed by atoms with Gasteiger partial charge in [-0.2, -0.15) is 0 Å². The van der Waals surface area contributed by atoms with Crippen LogP contribution >= 0.6 is 0 Å². The van der Waals surface area contributed by atoms with E-state index >= 15 is 0 Å². The highest BCUT2D eigenvalue weighted by molar-refractivity contribution is 5.02. The van der Waals surface area contributed by atoms with E-state index in [4.69, 9.17) is 0 Å². The van der Waals surface area contributed by atoms with Gasteiger partial charge in [0.15, 0.2) is 0 Å². The largest absolute Gasteiger partial charge is 0.0620 e. The van der Waals surface area contributed by atoms with Crippen LogP contribution in [0, 0.1) is 29.6 Å². The molecule has 4 atom stereocenters. The number of hydrogen-bond acceptors (Lipinski definition) is 0. The second-order valence-electron chi connectivity index (χ2n) is 5.02. The van der Waals surface area contributed by atoms with Gasteiger partial charge in [-0.1, -0.05) is 13.3 Å². The Morgan fingerprint density at radius 1 is 0.727 bits per heavy atom. The van der Waals surface area contributed by atoms with E-state index in [0.29, 0.717) is 0 Å². The van der Waals surface area contributed by atoms with Crippen molar-refractivity contribution in [2.45, 2.75) is 39.0 Å². The average molecular weight is 150 g/mol. The van der Waals surface area contributed by atoms with Crippen LogP contribution in [0.15, 0.2) is 0 Å². The van der Waals surface area contributed by atoms with E-state index < -0.39 is 0 Å². The first-order valence-corrected chi connectivity index (χ1v) is 5.38. The maximum absolute atomic E-state index is 2.51. The summed E-state index contributed by atoms with van der Waals surface area (Å²) in [5.41, 5.74) is 0. The maximum atomic E-state index is 2.51. The molecule has 0 aromatic rings. The Morgan fingerprint density at radius 3 is 1.82 bits per heavy atom. The van der Waals surface area contributed by atoms with Gasteiger partial charge in [-0.25, -0.2) is 0 Å². The third kappa shape index (κ3) is 0.666. The molecule has 3 saturated carbocycles. The van der Waals surface area contributed by atoms with E-state index in [2.05, 4.69) is 6.92 Å². The van der Waals surface area contributed by atoms with Crippen molar-refractivity contribution >= 4 is 0 Å². The van der Waals surface area contributed by atoms with Gasteiger partial charge in [-0.3, -0.25) is 0 Å². The molecule has 0 aromatic heterocycles. The third-order valence-electron chi connectivity index (χ3n) is 4.91. The summed E-state index contributed by atoms with van der Waals surface area (Å²) >= 11 is 0. The minimum Gasteiger partial charge on any atom is -0.0620 e. The maximum Gasteiger partial charge on any atom is -0.0352 e. The molecule has 0 nitrogen and oxygen atoms in total. The normalized spacial score (nSPS) is 60.3. The summed E-state index contributed by atoms with van der Waals surface area (Å²) in [5.74, 6) is 5.79. The van der Waals surface area contributed by atoms with Gasteiger partial charge in [0.1, 0.15) is 0 Å². The van der Waals surface area contributed by atoms with Gasteiger partial charge >= 0.3 is 0 Å². The van der Waals surface area contributed by atoms with E-state index in [1.165, 1.54) is 11.8 Å². The van der Waals surface area contributed by atoms with Crippen LogP contribution in [0.5, 0.6) is 0 Å². The summed E-state index contributed by atoms with van der Waals surface area (Å²) in [6.45, 7) is 2.51. The zero-order valence-corrected chi connectivity index (χ0v) is 7.42. The summed E-state index contributed by atoms with van der Waals surface area (Å²) < 4.78 is 0. The number of fused-ring (bicyclic) bond motifs is 5. The first-order chi connectivity index (χ1) is 5.38.